The Morgan fingerprint density at radius 3 is 1.76 bits per heavy atom. The quantitative estimate of drug-likeness (QED) is 0.123. The van der Waals surface area contributed by atoms with E-state index in [1.165, 1.54) is 71.2 Å². The van der Waals surface area contributed by atoms with Crippen molar-refractivity contribution in [3.8, 4) is 22.3 Å². The third-order valence-corrected chi connectivity index (χ3v) is 10.9. The molecule has 0 saturated carbocycles. The van der Waals surface area contributed by atoms with E-state index >= 15 is 0 Å². The first-order valence-electron chi connectivity index (χ1n) is 17.2. The monoisotopic (exact) mass is 798 g/mol. The molecular weight excluding hydrogens is 747 g/mol. The number of hydrogen-bond donors (Lipinski definition) is 0. The van der Waals surface area contributed by atoms with Crippen molar-refractivity contribution in [2.45, 2.75) is 92.5 Å². The summed E-state index contributed by atoms with van der Waals surface area (Å²) in [5, 5.41) is 7.01. The van der Waals surface area contributed by atoms with Crippen LogP contribution >= 0.6 is 17.0 Å². The molecule has 0 aliphatic carbocycles. The number of rotatable bonds is 4. The van der Waals surface area contributed by atoms with Gasteiger partial charge in [0.15, 0.2) is 0 Å². The molecule has 0 aliphatic heterocycles. The van der Waals surface area contributed by atoms with Crippen molar-refractivity contribution in [1.29, 1.82) is 0 Å². The first-order valence-corrected chi connectivity index (χ1v) is 29.0. The fourth-order valence-corrected chi connectivity index (χ4v) is 7.15. The molecule has 0 aliphatic rings. The molecule has 0 heterocycles. The van der Waals surface area contributed by atoms with Gasteiger partial charge in [0.05, 0.1) is 8.07 Å². The van der Waals surface area contributed by atoms with E-state index in [2.05, 4.69) is 184 Å². The van der Waals surface area contributed by atoms with E-state index in [0.29, 0.717) is 5.92 Å². The van der Waals surface area contributed by atoms with Gasteiger partial charge in [0.1, 0.15) is 0 Å². The molecule has 5 heteroatoms. The zero-order valence-corrected chi connectivity index (χ0v) is 37.6. The fraction of sp³-hybridized carbons (Fsp3) is 0.318. The number of benzene rings is 4. The van der Waals surface area contributed by atoms with E-state index in [9.17, 15) is 0 Å². The number of halogens is 2. The minimum atomic E-state index is -1.22. The van der Waals surface area contributed by atoms with Crippen molar-refractivity contribution in [2.24, 2.45) is 0 Å². The van der Waals surface area contributed by atoms with Gasteiger partial charge in [-0.25, -0.2) is 0 Å². The summed E-state index contributed by atoms with van der Waals surface area (Å²) in [6, 6.07) is 38.7. The average Bonchev–Trinajstić information content (AvgIpc) is 3.66. The van der Waals surface area contributed by atoms with Gasteiger partial charge in [-0.1, -0.05) is 158 Å². The Morgan fingerprint density at radius 1 is 0.714 bits per heavy atom. The first-order chi connectivity index (χ1) is 23.0. The van der Waals surface area contributed by atoms with Crippen molar-refractivity contribution in [1.82, 2.24) is 0 Å². The van der Waals surface area contributed by atoms with E-state index < -0.39 is 28.9 Å². The summed E-state index contributed by atoms with van der Waals surface area (Å²) < 4.78 is 0. The molecule has 0 nitrogen and oxygen atoms in total. The summed E-state index contributed by atoms with van der Waals surface area (Å²) in [7, 11) is 9.74. The van der Waals surface area contributed by atoms with E-state index in [1.54, 1.807) is 0 Å². The zero-order valence-electron chi connectivity index (χ0n) is 31.6. The second-order valence-corrected chi connectivity index (χ2v) is 25.1. The van der Waals surface area contributed by atoms with Crippen LogP contribution in [-0.4, -0.2) is 17.6 Å². The van der Waals surface area contributed by atoms with Crippen molar-refractivity contribution in [3.63, 3.8) is 0 Å². The molecule has 0 unspecified atom stereocenters. The summed E-state index contributed by atoms with van der Waals surface area (Å²) in [6.45, 7) is 27.2. The Labute approximate surface area is 319 Å². The van der Waals surface area contributed by atoms with Crippen LogP contribution in [0, 0.1) is 13.8 Å². The molecular formula is C44H54Cl2Si2Zr. The maximum atomic E-state index is 4.93. The third kappa shape index (κ3) is 11.2. The molecule has 0 spiro atoms. The van der Waals surface area contributed by atoms with Crippen LogP contribution in [0.25, 0.3) is 43.8 Å². The van der Waals surface area contributed by atoms with Gasteiger partial charge < -0.3 is 0 Å². The minimum absolute atomic E-state index is 0.204. The zero-order chi connectivity index (χ0) is 36.5. The number of fused-ring (bicyclic) bond motifs is 2. The van der Waals surface area contributed by atoms with Crippen molar-refractivity contribution in [3.05, 3.63) is 125 Å². The summed E-state index contributed by atoms with van der Waals surface area (Å²) in [5.74, 6) is 0.573. The molecule has 0 amide bonds. The summed E-state index contributed by atoms with van der Waals surface area (Å²) in [6.07, 6.45) is 0. The molecule has 0 saturated heterocycles. The van der Waals surface area contributed by atoms with Crippen molar-refractivity contribution in [2.75, 3.05) is 0 Å². The van der Waals surface area contributed by atoms with Crippen LogP contribution in [0.3, 0.4) is 0 Å². The predicted molar refractivity (Wildman–Crippen MR) is 224 cm³/mol. The number of hydrogen-bond acceptors (Lipinski definition) is 0. The van der Waals surface area contributed by atoms with Crippen LogP contribution in [0.1, 0.15) is 62.8 Å². The fourth-order valence-electron chi connectivity index (χ4n) is 5.98. The van der Waals surface area contributed by atoms with Gasteiger partial charge in [0, 0.05) is 9.52 Å². The Hall–Kier alpha value is -2.00. The molecule has 0 bridgehead atoms. The molecule has 6 aromatic carbocycles. The third-order valence-electron chi connectivity index (χ3n) is 8.81. The van der Waals surface area contributed by atoms with E-state index in [4.69, 9.17) is 17.0 Å². The second-order valence-electron chi connectivity index (χ2n) is 15.3. The molecule has 0 aromatic heterocycles. The second kappa shape index (κ2) is 18.5. The van der Waals surface area contributed by atoms with Gasteiger partial charge in [-0.05, 0) is 28.0 Å². The number of aryl methyl sites for hydroxylation is 2. The van der Waals surface area contributed by atoms with Crippen LogP contribution in [0.4, 0.5) is 0 Å². The summed E-state index contributed by atoms with van der Waals surface area (Å²) in [5.41, 5.74) is 11.0. The Balaban J connectivity index is 0.000000229. The van der Waals surface area contributed by atoms with Gasteiger partial charge in [-0.2, -0.15) is 12.1 Å². The molecule has 6 aromatic rings. The Bertz CT molecular complexity index is 1900. The van der Waals surface area contributed by atoms with Crippen LogP contribution in [-0.2, 0) is 26.3 Å². The molecule has 0 fully saturated rings. The van der Waals surface area contributed by atoms with Crippen molar-refractivity contribution < 1.29 is 20.8 Å². The molecule has 0 atom stereocenters. The van der Waals surface area contributed by atoms with Crippen LogP contribution in [0.5, 0.6) is 0 Å². The summed E-state index contributed by atoms with van der Waals surface area (Å²) in [4.78, 5) is 0. The average molecular weight is 801 g/mol. The van der Waals surface area contributed by atoms with Crippen LogP contribution in [0.15, 0.2) is 103 Å². The standard InChI is InChI=1S/C22H25.C20H23Si.C2H6Si.2ClH.Zr/c1-15(2)18-13-17-7-6-8-20(21(17)14-18)16-9-11-19(12-10-16)22(3,4)5;1-14-12-19-15(2)6-11-18(20(19)13-14)16-7-9-17(10-8-16)21(3,4)5;1-3-2;;;/h6-15H,1-5H3;6-13H,1-5H3;1-2H3;2*1H;/q2*-1;;;;+4/p-2. The maximum absolute atomic E-state index is 4.93. The topological polar surface area (TPSA) is 0 Å². The van der Waals surface area contributed by atoms with Crippen LogP contribution < -0.4 is 5.19 Å². The van der Waals surface area contributed by atoms with Gasteiger partial charge in [-0.15, -0.1) is 68.6 Å². The van der Waals surface area contributed by atoms with Gasteiger partial charge in [0.25, 0.3) is 0 Å². The van der Waals surface area contributed by atoms with Gasteiger partial charge in [-0.3, -0.25) is 0 Å². The SMILES string of the molecule is CC(C)c1cc2c(-c3ccc(C(C)(C)C)cc3)cccc2[cH-]1.C[Si]C.Cc1cc2c(-c3ccc([Si](C)(C)C)cc3)ccc(C)c2[cH-]1.[Cl][Zr+2][Cl]. The van der Waals surface area contributed by atoms with Gasteiger partial charge in [0.2, 0.25) is 0 Å². The van der Waals surface area contributed by atoms with Crippen LogP contribution in [0.2, 0.25) is 32.7 Å². The van der Waals surface area contributed by atoms with E-state index in [0.717, 1.165) is 9.52 Å². The Kier molecular flexibility index (Phi) is 15.6. The molecule has 2 radical (unpaired) electrons. The molecule has 6 rings (SSSR count). The molecule has 0 N–H and O–H groups in total. The van der Waals surface area contributed by atoms with Crippen molar-refractivity contribution >= 4 is 61.4 Å². The molecule has 49 heavy (non-hydrogen) atoms. The van der Waals surface area contributed by atoms with E-state index in [1.807, 2.05) is 0 Å². The predicted octanol–water partition coefficient (Wildman–Crippen LogP) is 14.2. The van der Waals surface area contributed by atoms with E-state index in [-0.39, 0.29) is 5.41 Å². The molecule has 256 valence electrons. The van der Waals surface area contributed by atoms with Gasteiger partial charge >= 0.3 is 37.9 Å². The summed E-state index contributed by atoms with van der Waals surface area (Å²) >= 11 is -0.826. The Morgan fingerprint density at radius 2 is 1.24 bits per heavy atom. The normalized spacial score (nSPS) is 11.2. The first kappa shape index (κ1) is 41.4.